The molecule has 1 heterocycles. The molecule has 1 aromatic carbocycles. The molecule has 1 aromatic heterocycles. The normalized spacial score (nSPS) is 10.3. The van der Waals surface area contributed by atoms with Gasteiger partial charge in [-0.15, -0.1) is 0 Å². The van der Waals surface area contributed by atoms with Gasteiger partial charge < -0.3 is 10.6 Å². The van der Waals surface area contributed by atoms with Crippen molar-refractivity contribution >= 4 is 17.3 Å². The summed E-state index contributed by atoms with van der Waals surface area (Å²) in [6.07, 6.45) is 0. The van der Waals surface area contributed by atoms with Gasteiger partial charge >= 0.3 is 0 Å². The molecule has 0 fully saturated rings. The van der Waals surface area contributed by atoms with Gasteiger partial charge in [-0.2, -0.15) is 5.10 Å². The van der Waals surface area contributed by atoms with Gasteiger partial charge in [-0.05, 0) is 38.1 Å². The first-order valence-electron chi connectivity index (χ1n) is 6.18. The van der Waals surface area contributed by atoms with Gasteiger partial charge in [0, 0.05) is 36.1 Å². The van der Waals surface area contributed by atoms with E-state index in [0.29, 0.717) is 0 Å². The Morgan fingerprint density at radius 2 is 1.84 bits per heavy atom. The zero-order valence-electron chi connectivity index (χ0n) is 11.4. The zero-order valence-corrected chi connectivity index (χ0v) is 11.4. The smallest absolute Gasteiger partial charge is 0.221 e. The second-order valence-corrected chi connectivity index (χ2v) is 4.52. The second-order valence-electron chi connectivity index (χ2n) is 4.52. The first kappa shape index (κ1) is 13.1. The van der Waals surface area contributed by atoms with Crippen LogP contribution in [0.1, 0.15) is 23.9 Å². The number of carbonyl (C=O) groups excluding carboxylic acids is 1. The Kier molecular flexibility index (Phi) is 3.85. The average molecular weight is 258 g/mol. The van der Waals surface area contributed by atoms with E-state index in [-0.39, 0.29) is 5.91 Å². The summed E-state index contributed by atoms with van der Waals surface area (Å²) < 4.78 is 0. The minimum Gasteiger partial charge on any atom is -0.381 e. The molecule has 5 nitrogen and oxygen atoms in total. The number of benzene rings is 1. The third kappa shape index (κ3) is 3.34. The van der Waals surface area contributed by atoms with Crippen LogP contribution in [0.2, 0.25) is 0 Å². The predicted molar refractivity (Wildman–Crippen MR) is 76.1 cm³/mol. The Bertz CT molecular complexity index is 552. The summed E-state index contributed by atoms with van der Waals surface area (Å²) in [6, 6.07) is 7.63. The van der Waals surface area contributed by atoms with Gasteiger partial charge in [0.2, 0.25) is 5.91 Å². The minimum absolute atomic E-state index is 0.0645. The van der Waals surface area contributed by atoms with Crippen molar-refractivity contribution in [1.29, 1.82) is 0 Å². The molecular formula is C14H18N4O. The van der Waals surface area contributed by atoms with E-state index in [1.54, 1.807) is 0 Å². The van der Waals surface area contributed by atoms with Crippen LogP contribution < -0.4 is 10.6 Å². The van der Waals surface area contributed by atoms with Crippen LogP contribution in [-0.2, 0) is 11.3 Å². The van der Waals surface area contributed by atoms with Crippen LogP contribution in [-0.4, -0.2) is 16.1 Å². The number of aromatic nitrogens is 2. The highest BCUT2D eigenvalue weighted by molar-refractivity contribution is 5.88. The van der Waals surface area contributed by atoms with E-state index < -0.39 is 0 Å². The summed E-state index contributed by atoms with van der Waals surface area (Å²) in [4.78, 5) is 10.9. The molecule has 3 N–H and O–H groups in total. The highest BCUT2D eigenvalue weighted by Gasteiger charge is 2.05. The molecule has 0 radical (unpaired) electrons. The molecule has 0 bridgehead atoms. The summed E-state index contributed by atoms with van der Waals surface area (Å²) in [5.74, 6) is -0.0645. The maximum atomic E-state index is 10.9. The van der Waals surface area contributed by atoms with Gasteiger partial charge in [0.05, 0.1) is 5.69 Å². The van der Waals surface area contributed by atoms with Crippen LogP contribution in [0.15, 0.2) is 24.3 Å². The molecule has 19 heavy (non-hydrogen) atoms. The third-order valence-electron chi connectivity index (χ3n) is 2.96. The number of nitrogens with one attached hydrogen (secondary N) is 3. The van der Waals surface area contributed by atoms with E-state index in [2.05, 4.69) is 20.8 Å². The molecule has 100 valence electrons. The number of carbonyl (C=O) groups is 1. The molecular weight excluding hydrogens is 240 g/mol. The van der Waals surface area contributed by atoms with Crippen LogP contribution in [0.5, 0.6) is 0 Å². The molecule has 5 heteroatoms. The fourth-order valence-corrected chi connectivity index (χ4v) is 1.90. The lowest BCUT2D eigenvalue weighted by molar-refractivity contribution is -0.114. The fraction of sp³-hybridized carbons (Fsp3) is 0.286. The maximum Gasteiger partial charge on any atom is 0.221 e. The molecule has 0 aliphatic heterocycles. The number of H-pyrrole nitrogens is 1. The number of hydrogen-bond donors (Lipinski definition) is 3. The van der Waals surface area contributed by atoms with Gasteiger partial charge in [-0.25, -0.2) is 0 Å². The largest absolute Gasteiger partial charge is 0.381 e. The van der Waals surface area contributed by atoms with Crippen LogP contribution in [0.4, 0.5) is 11.4 Å². The third-order valence-corrected chi connectivity index (χ3v) is 2.96. The number of nitrogens with zero attached hydrogens (tertiary/aromatic N) is 1. The van der Waals surface area contributed by atoms with Crippen molar-refractivity contribution in [1.82, 2.24) is 10.2 Å². The number of aryl methyl sites for hydroxylation is 2. The zero-order chi connectivity index (χ0) is 13.8. The van der Waals surface area contributed by atoms with E-state index in [1.807, 2.05) is 38.1 Å². The fourth-order valence-electron chi connectivity index (χ4n) is 1.90. The van der Waals surface area contributed by atoms with Crippen molar-refractivity contribution < 1.29 is 4.79 Å². The Hall–Kier alpha value is -2.30. The van der Waals surface area contributed by atoms with Crippen molar-refractivity contribution in [3.8, 4) is 0 Å². The van der Waals surface area contributed by atoms with Crippen molar-refractivity contribution in [3.05, 3.63) is 41.2 Å². The quantitative estimate of drug-likeness (QED) is 0.789. The van der Waals surface area contributed by atoms with Crippen molar-refractivity contribution in [2.24, 2.45) is 0 Å². The molecule has 0 unspecified atom stereocenters. The van der Waals surface area contributed by atoms with Crippen LogP contribution in [0.3, 0.4) is 0 Å². The first-order chi connectivity index (χ1) is 9.06. The SMILES string of the molecule is CC(=O)Nc1ccc(NCc2c(C)n[nH]c2C)cc1. The van der Waals surface area contributed by atoms with E-state index in [0.717, 1.165) is 29.3 Å². The molecule has 0 aliphatic rings. The number of aromatic amines is 1. The summed E-state index contributed by atoms with van der Waals surface area (Å²) in [7, 11) is 0. The first-order valence-corrected chi connectivity index (χ1v) is 6.18. The topological polar surface area (TPSA) is 69.8 Å². The second kappa shape index (κ2) is 5.56. The van der Waals surface area contributed by atoms with Gasteiger partial charge in [0.1, 0.15) is 0 Å². The lowest BCUT2D eigenvalue weighted by Gasteiger charge is -2.08. The number of amides is 1. The lowest BCUT2D eigenvalue weighted by atomic mass is 10.2. The van der Waals surface area contributed by atoms with Crippen LogP contribution >= 0.6 is 0 Å². The highest BCUT2D eigenvalue weighted by Crippen LogP contribution is 2.16. The van der Waals surface area contributed by atoms with Crippen molar-refractivity contribution in [2.75, 3.05) is 10.6 Å². The average Bonchev–Trinajstić information content (AvgIpc) is 2.68. The minimum atomic E-state index is -0.0645. The summed E-state index contributed by atoms with van der Waals surface area (Å²) in [5, 5.41) is 13.2. The van der Waals surface area contributed by atoms with E-state index in [4.69, 9.17) is 0 Å². The van der Waals surface area contributed by atoms with Crippen molar-refractivity contribution in [3.63, 3.8) is 0 Å². The summed E-state index contributed by atoms with van der Waals surface area (Å²) >= 11 is 0. The summed E-state index contributed by atoms with van der Waals surface area (Å²) in [5.41, 5.74) is 5.09. The van der Waals surface area contributed by atoms with Gasteiger partial charge in [0.25, 0.3) is 0 Å². The molecule has 2 aromatic rings. The highest BCUT2D eigenvalue weighted by atomic mass is 16.1. The lowest BCUT2D eigenvalue weighted by Crippen LogP contribution is -2.06. The number of rotatable bonds is 4. The van der Waals surface area contributed by atoms with Gasteiger partial charge in [-0.1, -0.05) is 0 Å². The Morgan fingerprint density at radius 1 is 1.21 bits per heavy atom. The molecule has 1 amide bonds. The number of anilines is 2. The van der Waals surface area contributed by atoms with Gasteiger partial charge in [-0.3, -0.25) is 9.89 Å². The van der Waals surface area contributed by atoms with Gasteiger partial charge in [0.15, 0.2) is 0 Å². The number of hydrogen-bond acceptors (Lipinski definition) is 3. The van der Waals surface area contributed by atoms with E-state index >= 15 is 0 Å². The van der Waals surface area contributed by atoms with Crippen LogP contribution in [0.25, 0.3) is 0 Å². The molecule has 0 saturated carbocycles. The molecule has 0 aliphatic carbocycles. The summed E-state index contributed by atoms with van der Waals surface area (Å²) in [6.45, 7) is 6.22. The molecule has 0 atom stereocenters. The molecule has 0 spiro atoms. The van der Waals surface area contributed by atoms with E-state index in [9.17, 15) is 4.79 Å². The monoisotopic (exact) mass is 258 g/mol. The Balaban J connectivity index is 1.98. The van der Waals surface area contributed by atoms with Crippen molar-refractivity contribution in [2.45, 2.75) is 27.3 Å². The Labute approximate surface area is 112 Å². The van der Waals surface area contributed by atoms with Crippen LogP contribution in [0, 0.1) is 13.8 Å². The Morgan fingerprint density at radius 3 is 2.37 bits per heavy atom. The standard InChI is InChI=1S/C14H18N4O/c1-9-14(10(2)18-17-9)8-15-12-4-6-13(7-5-12)16-11(3)19/h4-7,15H,8H2,1-3H3,(H,16,19)(H,17,18). The maximum absolute atomic E-state index is 10.9. The predicted octanol–water partition coefficient (Wildman–Crippen LogP) is 2.60. The molecule has 0 saturated heterocycles. The molecule has 2 rings (SSSR count). The van der Waals surface area contributed by atoms with E-state index in [1.165, 1.54) is 12.5 Å².